The van der Waals surface area contributed by atoms with Gasteiger partial charge in [-0.1, -0.05) is 0 Å². The second-order valence-corrected chi connectivity index (χ2v) is 4.16. The van der Waals surface area contributed by atoms with Gasteiger partial charge < -0.3 is 4.40 Å². The van der Waals surface area contributed by atoms with Gasteiger partial charge in [-0.2, -0.15) is 0 Å². The number of hydrogen-bond acceptors (Lipinski definition) is 2. The summed E-state index contributed by atoms with van der Waals surface area (Å²) in [5.41, 5.74) is 1.77. The van der Waals surface area contributed by atoms with Crippen LogP contribution in [0.3, 0.4) is 0 Å². The summed E-state index contributed by atoms with van der Waals surface area (Å²) in [6.45, 7) is 1.59. The lowest BCUT2D eigenvalue weighted by Gasteiger charge is -2.00. The molecule has 0 radical (unpaired) electrons. The Morgan fingerprint density at radius 1 is 1.53 bits per heavy atom. The minimum Gasteiger partial charge on any atom is -0.303 e. The first-order valence-corrected chi connectivity index (χ1v) is 5.23. The summed E-state index contributed by atoms with van der Waals surface area (Å²) in [6, 6.07) is 3.77. The van der Waals surface area contributed by atoms with Crippen molar-refractivity contribution in [1.82, 2.24) is 9.38 Å². The molecule has 1 aliphatic rings. The summed E-state index contributed by atoms with van der Waals surface area (Å²) >= 11 is 0. The molecule has 0 aliphatic heterocycles. The van der Waals surface area contributed by atoms with Crippen LogP contribution in [-0.2, 0) is 0 Å². The van der Waals surface area contributed by atoms with Gasteiger partial charge >= 0.3 is 0 Å². The van der Waals surface area contributed by atoms with Crippen molar-refractivity contribution in [3.8, 4) is 0 Å². The van der Waals surface area contributed by atoms with Crippen molar-refractivity contribution < 1.29 is 4.79 Å². The first-order chi connectivity index (χ1) is 7.25. The largest absolute Gasteiger partial charge is 0.303 e. The van der Waals surface area contributed by atoms with Crippen LogP contribution >= 0.6 is 0 Å². The van der Waals surface area contributed by atoms with Gasteiger partial charge in [0, 0.05) is 17.7 Å². The summed E-state index contributed by atoms with van der Waals surface area (Å²) < 4.78 is 2.09. The molecule has 2 heterocycles. The van der Waals surface area contributed by atoms with Gasteiger partial charge in [-0.3, -0.25) is 4.79 Å². The summed E-state index contributed by atoms with van der Waals surface area (Å²) in [5, 5.41) is 0. The fraction of sp³-hybridized carbons (Fsp3) is 0.333. The highest BCUT2D eigenvalue weighted by molar-refractivity contribution is 5.95. The highest BCUT2D eigenvalue weighted by atomic mass is 16.1. The molecule has 2 aromatic heterocycles. The van der Waals surface area contributed by atoms with Crippen molar-refractivity contribution in [3.05, 3.63) is 35.9 Å². The van der Waals surface area contributed by atoms with Crippen LogP contribution in [0, 0.1) is 0 Å². The van der Waals surface area contributed by atoms with Crippen molar-refractivity contribution in [2.45, 2.75) is 25.7 Å². The number of pyridine rings is 1. The lowest BCUT2D eigenvalue weighted by Crippen LogP contribution is -1.96. The number of rotatable bonds is 2. The van der Waals surface area contributed by atoms with E-state index in [1.54, 1.807) is 6.92 Å². The molecule has 3 heteroatoms. The Kier molecular flexibility index (Phi) is 1.69. The van der Waals surface area contributed by atoms with Crippen LogP contribution in [0.25, 0.3) is 5.52 Å². The molecule has 2 aromatic rings. The molecule has 0 saturated heterocycles. The maximum Gasteiger partial charge on any atom is 0.159 e. The van der Waals surface area contributed by atoms with E-state index in [4.69, 9.17) is 0 Å². The van der Waals surface area contributed by atoms with Crippen molar-refractivity contribution in [3.63, 3.8) is 0 Å². The highest BCUT2D eigenvalue weighted by Crippen LogP contribution is 2.39. The smallest absolute Gasteiger partial charge is 0.159 e. The number of aromatic nitrogens is 2. The molecule has 3 rings (SSSR count). The maximum atomic E-state index is 11.2. The van der Waals surface area contributed by atoms with Gasteiger partial charge in [-0.05, 0) is 31.9 Å². The van der Waals surface area contributed by atoms with Gasteiger partial charge in [-0.15, -0.1) is 0 Å². The number of fused-ring (bicyclic) bond motifs is 1. The summed E-state index contributed by atoms with van der Waals surface area (Å²) in [5.74, 6) is 1.88. The van der Waals surface area contributed by atoms with Crippen LogP contribution in [0.5, 0.6) is 0 Å². The van der Waals surface area contributed by atoms with E-state index >= 15 is 0 Å². The molecule has 0 N–H and O–H groups in total. The zero-order valence-corrected chi connectivity index (χ0v) is 8.60. The van der Waals surface area contributed by atoms with Crippen molar-refractivity contribution in [2.24, 2.45) is 0 Å². The number of carbonyl (C=O) groups is 1. The lowest BCUT2D eigenvalue weighted by atomic mass is 10.2. The topological polar surface area (TPSA) is 34.4 Å². The number of nitrogens with zero attached hydrogens (tertiary/aromatic N) is 2. The number of hydrogen-bond donors (Lipinski definition) is 0. The van der Waals surface area contributed by atoms with Crippen LogP contribution in [-0.4, -0.2) is 15.2 Å². The Balaban J connectivity index is 2.17. The quantitative estimate of drug-likeness (QED) is 0.698. The fourth-order valence-corrected chi connectivity index (χ4v) is 1.88. The minimum atomic E-state index is 0.103. The third kappa shape index (κ3) is 1.35. The number of Topliss-reactive ketones (excluding diaryl/α,β-unsaturated/α-hetero) is 1. The Morgan fingerprint density at radius 2 is 2.33 bits per heavy atom. The predicted octanol–water partition coefficient (Wildman–Crippen LogP) is 2.41. The first kappa shape index (κ1) is 8.65. The number of carbonyl (C=O) groups excluding carboxylic acids is 1. The molecule has 1 aliphatic carbocycles. The van der Waals surface area contributed by atoms with E-state index in [0.29, 0.717) is 5.92 Å². The van der Waals surface area contributed by atoms with E-state index in [-0.39, 0.29) is 5.78 Å². The molecule has 1 saturated carbocycles. The Morgan fingerprint density at radius 3 is 3.00 bits per heavy atom. The van der Waals surface area contributed by atoms with E-state index in [9.17, 15) is 4.79 Å². The molecule has 0 unspecified atom stereocenters. The zero-order chi connectivity index (χ0) is 10.4. The average molecular weight is 200 g/mol. The molecule has 0 amide bonds. The van der Waals surface area contributed by atoms with E-state index in [1.165, 1.54) is 12.8 Å². The first-order valence-electron chi connectivity index (χ1n) is 5.23. The molecule has 0 spiro atoms. The molecule has 1 fully saturated rings. The van der Waals surface area contributed by atoms with Crippen LogP contribution < -0.4 is 0 Å². The van der Waals surface area contributed by atoms with Gasteiger partial charge in [0.2, 0.25) is 0 Å². The van der Waals surface area contributed by atoms with Crippen molar-refractivity contribution in [1.29, 1.82) is 0 Å². The number of ketones is 1. The molecule has 15 heavy (non-hydrogen) atoms. The molecule has 0 atom stereocenters. The maximum absolute atomic E-state index is 11.2. The highest BCUT2D eigenvalue weighted by Gasteiger charge is 2.27. The molecule has 76 valence electrons. The molecule has 3 nitrogen and oxygen atoms in total. The molecule has 0 aromatic carbocycles. The van der Waals surface area contributed by atoms with E-state index in [2.05, 4.69) is 9.38 Å². The molecular formula is C12H12N2O. The predicted molar refractivity (Wildman–Crippen MR) is 57.2 cm³/mol. The summed E-state index contributed by atoms with van der Waals surface area (Å²) in [6.07, 6.45) is 6.29. The standard InChI is InChI=1S/C12H12N2O/c1-8(15)10-4-5-14-11(6-10)7-13-12(14)9-2-3-9/h4-7,9H,2-3H2,1H3. The third-order valence-electron chi connectivity index (χ3n) is 2.91. The Hall–Kier alpha value is -1.64. The number of imidazole rings is 1. The SMILES string of the molecule is CC(=O)c1ccn2c(C3CC3)ncc2c1. The normalized spacial score (nSPS) is 15.8. The van der Waals surface area contributed by atoms with Crippen LogP contribution in [0.1, 0.15) is 41.9 Å². The van der Waals surface area contributed by atoms with Crippen molar-refractivity contribution >= 4 is 11.3 Å². The Labute approximate surface area is 87.7 Å². The van der Waals surface area contributed by atoms with Crippen LogP contribution in [0.15, 0.2) is 24.5 Å². The Bertz CT molecular complexity index is 538. The third-order valence-corrected chi connectivity index (χ3v) is 2.91. The van der Waals surface area contributed by atoms with Gasteiger partial charge in [0.05, 0.1) is 11.7 Å². The molecule has 0 bridgehead atoms. The van der Waals surface area contributed by atoms with Crippen LogP contribution in [0.4, 0.5) is 0 Å². The van der Waals surface area contributed by atoms with E-state index < -0.39 is 0 Å². The summed E-state index contributed by atoms with van der Waals surface area (Å²) in [7, 11) is 0. The van der Waals surface area contributed by atoms with Gasteiger partial charge in [-0.25, -0.2) is 4.98 Å². The average Bonchev–Trinajstić information content (AvgIpc) is 2.98. The van der Waals surface area contributed by atoms with E-state index in [0.717, 1.165) is 16.9 Å². The van der Waals surface area contributed by atoms with Gasteiger partial charge in [0.15, 0.2) is 5.78 Å². The van der Waals surface area contributed by atoms with Crippen molar-refractivity contribution in [2.75, 3.05) is 0 Å². The second-order valence-electron chi connectivity index (χ2n) is 4.16. The molecular weight excluding hydrogens is 188 g/mol. The lowest BCUT2D eigenvalue weighted by molar-refractivity contribution is 0.101. The van der Waals surface area contributed by atoms with E-state index in [1.807, 2.05) is 24.5 Å². The monoisotopic (exact) mass is 200 g/mol. The summed E-state index contributed by atoms with van der Waals surface area (Å²) in [4.78, 5) is 15.6. The second kappa shape index (κ2) is 2.92. The van der Waals surface area contributed by atoms with Crippen LogP contribution in [0.2, 0.25) is 0 Å². The van der Waals surface area contributed by atoms with Gasteiger partial charge in [0.1, 0.15) is 5.82 Å². The minimum absolute atomic E-state index is 0.103. The fourth-order valence-electron chi connectivity index (χ4n) is 1.88. The van der Waals surface area contributed by atoms with Gasteiger partial charge in [0.25, 0.3) is 0 Å². The zero-order valence-electron chi connectivity index (χ0n) is 8.60.